The number of hydrogen-bond donors (Lipinski definition) is 2. The molecule has 1 aliphatic rings. The van der Waals surface area contributed by atoms with Crippen LogP contribution in [0.15, 0.2) is 18.2 Å². The first kappa shape index (κ1) is 16.1. The van der Waals surface area contributed by atoms with Crippen LogP contribution in [-0.4, -0.2) is 26.1 Å². The van der Waals surface area contributed by atoms with E-state index in [0.29, 0.717) is 29.7 Å². The summed E-state index contributed by atoms with van der Waals surface area (Å²) in [7, 11) is 1.61. The molecule has 116 valence electrons. The number of hydrogen-bond acceptors (Lipinski definition) is 3. The van der Waals surface area contributed by atoms with Crippen LogP contribution in [0.3, 0.4) is 0 Å². The molecule has 1 aromatic carbocycles. The highest BCUT2D eigenvalue weighted by atomic mass is 35.5. The molecule has 1 amide bonds. The molecule has 5 heteroatoms. The van der Waals surface area contributed by atoms with Gasteiger partial charge in [-0.05, 0) is 50.4 Å². The van der Waals surface area contributed by atoms with Gasteiger partial charge in [0.15, 0.2) is 0 Å². The number of halogens is 1. The highest BCUT2D eigenvalue weighted by Crippen LogP contribution is 2.23. The lowest BCUT2D eigenvalue weighted by Crippen LogP contribution is -2.29. The van der Waals surface area contributed by atoms with Crippen LogP contribution >= 0.6 is 11.6 Å². The van der Waals surface area contributed by atoms with E-state index in [4.69, 9.17) is 16.3 Å². The van der Waals surface area contributed by atoms with E-state index in [1.807, 2.05) is 6.07 Å². The summed E-state index contributed by atoms with van der Waals surface area (Å²) >= 11 is 5.92. The van der Waals surface area contributed by atoms with E-state index in [-0.39, 0.29) is 5.91 Å². The van der Waals surface area contributed by atoms with Gasteiger partial charge in [-0.15, -0.1) is 0 Å². The molecule has 0 radical (unpaired) electrons. The maximum absolute atomic E-state index is 11.9. The van der Waals surface area contributed by atoms with E-state index >= 15 is 0 Å². The highest BCUT2D eigenvalue weighted by Gasteiger charge is 2.14. The second-order valence-corrected chi connectivity index (χ2v) is 5.90. The smallest absolute Gasteiger partial charge is 0.220 e. The van der Waals surface area contributed by atoms with Crippen LogP contribution in [0.5, 0.6) is 5.75 Å². The number of ether oxygens (including phenoxy) is 1. The van der Waals surface area contributed by atoms with Gasteiger partial charge in [0.2, 0.25) is 5.91 Å². The van der Waals surface area contributed by atoms with Gasteiger partial charge in [0.05, 0.1) is 7.11 Å². The lowest BCUT2D eigenvalue weighted by molar-refractivity contribution is -0.121. The van der Waals surface area contributed by atoms with Crippen LogP contribution in [0, 0.1) is 5.92 Å². The van der Waals surface area contributed by atoms with Gasteiger partial charge in [0.1, 0.15) is 5.75 Å². The van der Waals surface area contributed by atoms with Gasteiger partial charge in [0, 0.05) is 23.6 Å². The molecule has 0 spiro atoms. The Bertz CT molecular complexity index is 473. The van der Waals surface area contributed by atoms with Gasteiger partial charge in [0.25, 0.3) is 0 Å². The molecule has 0 aliphatic carbocycles. The third-order valence-corrected chi connectivity index (χ3v) is 4.20. The number of nitrogens with one attached hydrogen (secondary N) is 2. The van der Waals surface area contributed by atoms with E-state index in [9.17, 15) is 4.79 Å². The molecule has 1 aromatic rings. The SMILES string of the molecule is COc1cc(Cl)ccc1CNC(=O)CCC1CCNCC1. The average Bonchev–Trinajstić information content (AvgIpc) is 2.52. The van der Waals surface area contributed by atoms with Crippen LogP contribution in [0.1, 0.15) is 31.2 Å². The Morgan fingerprint density at radius 3 is 2.90 bits per heavy atom. The molecule has 0 atom stereocenters. The zero-order valence-electron chi connectivity index (χ0n) is 12.5. The number of amides is 1. The molecule has 0 aromatic heterocycles. The fourth-order valence-electron chi connectivity index (χ4n) is 2.65. The molecule has 2 rings (SSSR count). The number of rotatable bonds is 6. The second kappa shape index (κ2) is 8.25. The molecule has 1 fully saturated rings. The molecule has 1 saturated heterocycles. The number of carbonyl (C=O) groups is 1. The summed E-state index contributed by atoms with van der Waals surface area (Å²) in [6.45, 7) is 2.63. The zero-order valence-corrected chi connectivity index (χ0v) is 13.2. The minimum absolute atomic E-state index is 0.102. The van der Waals surface area contributed by atoms with Gasteiger partial charge in [-0.25, -0.2) is 0 Å². The molecule has 2 N–H and O–H groups in total. The third-order valence-electron chi connectivity index (χ3n) is 3.96. The normalized spacial score (nSPS) is 15.7. The van der Waals surface area contributed by atoms with Crippen molar-refractivity contribution in [1.29, 1.82) is 0 Å². The molecule has 0 unspecified atom stereocenters. The van der Waals surface area contributed by atoms with Crippen molar-refractivity contribution in [2.45, 2.75) is 32.2 Å². The van der Waals surface area contributed by atoms with Crippen LogP contribution < -0.4 is 15.4 Å². The first-order valence-electron chi connectivity index (χ1n) is 7.49. The molecule has 4 nitrogen and oxygen atoms in total. The maximum atomic E-state index is 11.9. The Morgan fingerprint density at radius 1 is 1.43 bits per heavy atom. The Kier molecular flexibility index (Phi) is 6.33. The summed E-state index contributed by atoms with van der Waals surface area (Å²) in [5.74, 6) is 1.49. The van der Waals surface area contributed by atoms with Gasteiger partial charge in [-0.2, -0.15) is 0 Å². The fraction of sp³-hybridized carbons (Fsp3) is 0.562. The number of carbonyl (C=O) groups excluding carboxylic acids is 1. The van der Waals surface area contributed by atoms with Gasteiger partial charge in [-0.1, -0.05) is 17.7 Å². The second-order valence-electron chi connectivity index (χ2n) is 5.46. The van der Waals surface area contributed by atoms with E-state index in [2.05, 4.69) is 10.6 Å². The third kappa shape index (κ3) is 5.21. The summed E-state index contributed by atoms with van der Waals surface area (Å²) in [6, 6.07) is 5.45. The van der Waals surface area contributed by atoms with Crippen molar-refractivity contribution >= 4 is 17.5 Å². The van der Waals surface area contributed by atoms with Crippen molar-refractivity contribution in [1.82, 2.24) is 10.6 Å². The quantitative estimate of drug-likeness (QED) is 0.849. The fourth-order valence-corrected chi connectivity index (χ4v) is 2.81. The standard InChI is InChI=1S/C16H23ClN2O2/c1-21-15-10-14(17)4-3-13(15)11-19-16(20)5-2-12-6-8-18-9-7-12/h3-4,10,12,18H,2,5-9,11H2,1H3,(H,19,20). The lowest BCUT2D eigenvalue weighted by Gasteiger charge is -2.22. The predicted octanol–water partition coefficient (Wildman–Crippen LogP) is 2.74. The molecule has 21 heavy (non-hydrogen) atoms. The summed E-state index contributed by atoms with van der Waals surface area (Å²) in [5.41, 5.74) is 0.942. The molecular weight excluding hydrogens is 288 g/mol. The minimum atomic E-state index is 0.102. The van der Waals surface area contributed by atoms with E-state index < -0.39 is 0 Å². The largest absolute Gasteiger partial charge is 0.496 e. The van der Waals surface area contributed by atoms with E-state index in [1.54, 1.807) is 19.2 Å². The number of benzene rings is 1. The van der Waals surface area contributed by atoms with Crippen LogP contribution in [0.25, 0.3) is 0 Å². The molecule has 1 aliphatic heterocycles. The Labute approximate surface area is 131 Å². The van der Waals surface area contributed by atoms with Crippen molar-refractivity contribution in [3.8, 4) is 5.75 Å². The zero-order chi connectivity index (χ0) is 15.1. The molecule has 0 bridgehead atoms. The average molecular weight is 311 g/mol. The molecule has 0 saturated carbocycles. The predicted molar refractivity (Wildman–Crippen MR) is 84.7 cm³/mol. The first-order valence-corrected chi connectivity index (χ1v) is 7.86. The van der Waals surface area contributed by atoms with Crippen molar-refractivity contribution in [3.05, 3.63) is 28.8 Å². The summed E-state index contributed by atoms with van der Waals surface area (Å²) in [5, 5.41) is 6.93. The summed E-state index contributed by atoms with van der Waals surface area (Å²) in [6.07, 6.45) is 3.93. The van der Waals surface area contributed by atoms with Crippen molar-refractivity contribution in [3.63, 3.8) is 0 Å². The summed E-state index contributed by atoms with van der Waals surface area (Å²) < 4.78 is 5.27. The molecular formula is C16H23ClN2O2. The summed E-state index contributed by atoms with van der Waals surface area (Å²) in [4.78, 5) is 11.9. The Balaban J connectivity index is 1.75. The van der Waals surface area contributed by atoms with Crippen molar-refractivity contribution in [2.24, 2.45) is 5.92 Å². The lowest BCUT2D eigenvalue weighted by atomic mass is 9.93. The van der Waals surface area contributed by atoms with E-state index in [1.165, 1.54) is 12.8 Å². The Hall–Kier alpha value is -1.26. The van der Waals surface area contributed by atoms with Gasteiger partial charge < -0.3 is 15.4 Å². The van der Waals surface area contributed by atoms with Gasteiger partial charge in [-0.3, -0.25) is 4.79 Å². The monoisotopic (exact) mass is 310 g/mol. The van der Waals surface area contributed by atoms with Gasteiger partial charge >= 0.3 is 0 Å². The van der Waals surface area contributed by atoms with Crippen LogP contribution in [0.4, 0.5) is 0 Å². The van der Waals surface area contributed by atoms with E-state index in [0.717, 1.165) is 25.1 Å². The minimum Gasteiger partial charge on any atom is -0.496 e. The first-order chi connectivity index (χ1) is 10.2. The number of piperidine rings is 1. The number of methoxy groups -OCH3 is 1. The maximum Gasteiger partial charge on any atom is 0.220 e. The Morgan fingerprint density at radius 2 is 2.19 bits per heavy atom. The van der Waals surface area contributed by atoms with Crippen LogP contribution in [-0.2, 0) is 11.3 Å². The highest BCUT2D eigenvalue weighted by molar-refractivity contribution is 6.30. The topological polar surface area (TPSA) is 50.4 Å². The van der Waals surface area contributed by atoms with Crippen molar-refractivity contribution in [2.75, 3.05) is 20.2 Å². The van der Waals surface area contributed by atoms with Crippen molar-refractivity contribution < 1.29 is 9.53 Å². The molecule has 1 heterocycles. The van der Waals surface area contributed by atoms with Crippen LogP contribution in [0.2, 0.25) is 5.02 Å².